The second kappa shape index (κ2) is 7.06. The first-order valence-electron chi connectivity index (χ1n) is 6.10. The highest BCUT2D eigenvalue weighted by molar-refractivity contribution is 7.91. The fourth-order valence-electron chi connectivity index (χ4n) is 1.64. The van der Waals surface area contributed by atoms with Gasteiger partial charge in [-0.3, -0.25) is 0 Å². The molecule has 1 atom stereocenters. The van der Waals surface area contributed by atoms with Crippen LogP contribution in [0.1, 0.15) is 32.5 Å². The average Bonchev–Trinajstić information content (AvgIpc) is 2.83. The number of carbonyl (C=O) groups is 3. The van der Waals surface area contributed by atoms with Crippen LogP contribution in [0.3, 0.4) is 0 Å². The van der Waals surface area contributed by atoms with Gasteiger partial charge in [-0.1, -0.05) is 0 Å². The zero-order chi connectivity index (χ0) is 17.9. The normalized spacial score (nSPS) is 12.5. The van der Waals surface area contributed by atoms with Crippen LogP contribution in [0.15, 0.2) is 4.21 Å². The number of thiophene rings is 1. The Morgan fingerprint density at radius 2 is 1.70 bits per heavy atom. The number of methoxy groups -OCH3 is 2. The SMILES string of the molecule is COC(=O)c1sc(S(=O)(=O)NC(C)C(=O)[O-])c(C(=O)OC)c1C. The van der Waals surface area contributed by atoms with Crippen molar-refractivity contribution in [2.45, 2.75) is 24.1 Å². The van der Waals surface area contributed by atoms with E-state index in [1.807, 2.05) is 4.72 Å². The number of sulfonamides is 1. The topological polar surface area (TPSA) is 139 Å². The van der Waals surface area contributed by atoms with Gasteiger partial charge in [0.25, 0.3) is 10.0 Å². The number of hydrogen-bond donors (Lipinski definition) is 1. The number of ether oxygens (including phenoxy) is 2. The van der Waals surface area contributed by atoms with E-state index < -0.39 is 38.2 Å². The first kappa shape index (κ1) is 19.1. The molecule has 1 unspecified atom stereocenters. The third kappa shape index (κ3) is 3.86. The van der Waals surface area contributed by atoms with Gasteiger partial charge < -0.3 is 19.4 Å². The maximum Gasteiger partial charge on any atom is 0.348 e. The van der Waals surface area contributed by atoms with Crippen LogP contribution in [0.2, 0.25) is 0 Å². The minimum Gasteiger partial charge on any atom is -0.548 e. The molecule has 23 heavy (non-hydrogen) atoms. The third-order valence-electron chi connectivity index (χ3n) is 2.80. The Balaban J connectivity index is 3.53. The van der Waals surface area contributed by atoms with Gasteiger partial charge in [0.2, 0.25) is 0 Å². The van der Waals surface area contributed by atoms with Gasteiger partial charge in [-0.15, -0.1) is 11.3 Å². The molecule has 128 valence electrons. The lowest BCUT2D eigenvalue weighted by atomic mass is 10.2. The highest BCUT2D eigenvalue weighted by Gasteiger charge is 2.33. The van der Waals surface area contributed by atoms with Gasteiger partial charge in [-0.2, -0.15) is 0 Å². The van der Waals surface area contributed by atoms with Crippen molar-refractivity contribution in [3.63, 3.8) is 0 Å². The molecule has 0 amide bonds. The van der Waals surface area contributed by atoms with E-state index in [0.29, 0.717) is 11.3 Å². The molecule has 0 saturated heterocycles. The molecule has 0 spiro atoms. The van der Waals surface area contributed by atoms with Gasteiger partial charge in [0.1, 0.15) is 4.88 Å². The van der Waals surface area contributed by atoms with Crippen LogP contribution in [0, 0.1) is 6.92 Å². The van der Waals surface area contributed by atoms with Crippen molar-refractivity contribution in [3.05, 3.63) is 16.0 Å². The summed E-state index contributed by atoms with van der Waals surface area (Å²) in [4.78, 5) is 34.1. The van der Waals surface area contributed by atoms with E-state index in [4.69, 9.17) is 0 Å². The summed E-state index contributed by atoms with van der Waals surface area (Å²) in [6.45, 7) is 2.42. The Labute approximate surface area is 136 Å². The molecule has 1 aromatic heterocycles. The molecule has 0 aliphatic rings. The molecule has 0 radical (unpaired) electrons. The molecule has 0 fully saturated rings. The lowest BCUT2D eigenvalue weighted by molar-refractivity contribution is -0.307. The Kier molecular flexibility index (Phi) is 5.86. The van der Waals surface area contributed by atoms with E-state index in [2.05, 4.69) is 9.47 Å². The molecule has 0 aliphatic carbocycles. The lowest BCUT2D eigenvalue weighted by Crippen LogP contribution is -2.45. The molecule has 9 nitrogen and oxygen atoms in total. The smallest absolute Gasteiger partial charge is 0.348 e. The van der Waals surface area contributed by atoms with Crippen LogP contribution in [0.5, 0.6) is 0 Å². The largest absolute Gasteiger partial charge is 0.548 e. The average molecular weight is 364 g/mol. The van der Waals surface area contributed by atoms with Crippen molar-refractivity contribution in [2.75, 3.05) is 14.2 Å². The summed E-state index contributed by atoms with van der Waals surface area (Å²) < 4.78 is 35.0. The van der Waals surface area contributed by atoms with Crippen molar-refractivity contribution < 1.29 is 37.4 Å². The first-order valence-corrected chi connectivity index (χ1v) is 8.40. The number of hydrogen-bond acceptors (Lipinski definition) is 9. The number of carboxylic acid groups (broad SMARTS) is 1. The Hall–Kier alpha value is -1.98. The third-order valence-corrected chi connectivity index (χ3v) is 6.14. The number of esters is 2. The Morgan fingerprint density at radius 1 is 1.17 bits per heavy atom. The van der Waals surface area contributed by atoms with E-state index in [1.165, 1.54) is 6.92 Å². The summed E-state index contributed by atoms with van der Waals surface area (Å²) >= 11 is 0.484. The van der Waals surface area contributed by atoms with Crippen molar-refractivity contribution in [1.82, 2.24) is 4.72 Å². The quantitative estimate of drug-likeness (QED) is 0.637. The highest BCUT2D eigenvalue weighted by atomic mass is 32.2. The van der Waals surface area contributed by atoms with Crippen LogP contribution >= 0.6 is 11.3 Å². The summed E-state index contributed by atoms with van der Waals surface area (Å²) in [7, 11) is -2.25. The number of nitrogens with one attached hydrogen (secondary N) is 1. The zero-order valence-electron chi connectivity index (χ0n) is 12.7. The van der Waals surface area contributed by atoms with Crippen molar-refractivity contribution in [3.8, 4) is 0 Å². The van der Waals surface area contributed by atoms with E-state index in [0.717, 1.165) is 21.1 Å². The summed E-state index contributed by atoms with van der Waals surface area (Å²) in [5.41, 5.74) is -0.286. The maximum atomic E-state index is 12.3. The molecule has 0 bridgehead atoms. The molecule has 1 heterocycles. The highest BCUT2D eigenvalue weighted by Crippen LogP contribution is 2.33. The molecule has 1 N–H and O–H groups in total. The van der Waals surface area contributed by atoms with E-state index in [1.54, 1.807) is 0 Å². The van der Waals surface area contributed by atoms with Crippen molar-refractivity contribution >= 4 is 39.3 Å². The molecule has 0 aliphatic heterocycles. The number of rotatable bonds is 6. The molecule has 0 saturated carbocycles. The van der Waals surface area contributed by atoms with Crippen LogP contribution in [0.4, 0.5) is 0 Å². The summed E-state index contributed by atoms with van der Waals surface area (Å²) in [5.74, 6) is -3.45. The van der Waals surface area contributed by atoms with Crippen molar-refractivity contribution in [1.29, 1.82) is 0 Å². The monoisotopic (exact) mass is 364 g/mol. The summed E-state index contributed by atoms with van der Waals surface area (Å²) in [6, 6.07) is -1.53. The maximum absolute atomic E-state index is 12.3. The van der Waals surface area contributed by atoms with Gasteiger partial charge in [-0.25, -0.2) is 22.7 Å². The summed E-state index contributed by atoms with van der Waals surface area (Å²) in [6.07, 6.45) is 0. The second-order valence-corrected chi connectivity index (χ2v) is 7.29. The van der Waals surface area contributed by atoms with Crippen LogP contribution in [0.25, 0.3) is 0 Å². The van der Waals surface area contributed by atoms with Gasteiger partial charge >= 0.3 is 11.9 Å². The summed E-state index contributed by atoms with van der Waals surface area (Å²) in [5, 5.41) is 10.7. The minimum absolute atomic E-state index is 0.0650. The standard InChI is InChI=1S/C12H15NO8S2/c1-5-7(10(16)20-3)12(22-8(5)11(17)21-4)23(18,19)13-6(2)9(14)15/h6,13H,1-4H3,(H,14,15)/p-1. The molecule has 1 aromatic rings. The van der Waals surface area contributed by atoms with Crippen LogP contribution < -0.4 is 9.83 Å². The fourth-order valence-corrected chi connectivity index (χ4v) is 4.59. The van der Waals surface area contributed by atoms with E-state index >= 15 is 0 Å². The Bertz CT molecular complexity index is 749. The zero-order valence-corrected chi connectivity index (χ0v) is 14.3. The lowest BCUT2D eigenvalue weighted by Gasteiger charge is -2.14. The van der Waals surface area contributed by atoms with Gasteiger partial charge in [0.05, 0.1) is 31.8 Å². The van der Waals surface area contributed by atoms with Crippen LogP contribution in [-0.2, 0) is 24.3 Å². The number of carbonyl (C=O) groups excluding carboxylic acids is 3. The molecule has 0 aromatic carbocycles. The van der Waals surface area contributed by atoms with Gasteiger partial charge in [0, 0.05) is 0 Å². The Morgan fingerprint density at radius 3 is 2.13 bits per heavy atom. The molecule has 1 rings (SSSR count). The fraction of sp³-hybridized carbons (Fsp3) is 0.417. The van der Waals surface area contributed by atoms with Crippen LogP contribution in [-0.4, -0.2) is 46.6 Å². The molecular formula is C12H14NO8S2-. The predicted octanol–water partition coefficient (Wildman–Crippen LogP) is -0.954. The molecular weight excluding hydrogens is 350 g/mol. The second-order valence-electron chi connectivity index (χ2n) is 4.36. The molecule has 11 heteroatoms. The number of aliphatic carboxylic acids is 1. The minimum atomic E-state index is -4.39. The van der Waals surface area contributed by atoms with Gasteiger partial charge in [-0.05, 0) is 19.4 Å². The van der Waals surface area contributed by atoms with Gasteiger partial charge in [0.15, 0.2) is 4.21 Å². The van der Waals surface area contributed by atoms with E-state index in [9.17, 15) is 27.9 Å². The predicted molar refractivity (Wildman–Crippen MR) is 76.5 cm³/mol. The number of carboxylic acids is 1. The van der Waals surface area contributed by atoms with Crippen molar-refractivity contribution in [2.24, 2.45) is 0 Å². The first-order chi connectivity index (χ1) is 10.6. The van der Waals surface area contributed by atoms with E-state index in [-0.39, 0.29) is 16.0 Å².